The number of ketones is 1. The minimum absolute atomic E-state index is 0.393. The highest BCUT2D eigenvalue weighted by Crippen LogP contribution is 2.34. The first-order valence-corrected chi connectivity index (χ1v) is 8.85. The fourth-order valence-corrected chi connectivity index (χ4v) is 3.35. The first kappa shape index (κ1) is 16.5. The van der Waals surface area contributed by atoms with Crippen LogP contribution in [0.1, 0.15) is 18.6 Å². The Morgan fingerprint density at radius 3 is 2.54 bits per heavy atom. The minimum Gasteiger partial charge on any atom is -0.460 e. The van der Waals surface area contributed by atoms with Crippen LogP contribution in [0.3, 0.4) is 0 Å². The van der Waals surface area contributed by atoms with E-state index in [0.717, 1.165) is 12.1 Å². The summed E-state index contributed by atoms with van der Waals surface area (Å²) < 4.78 is 69.2. The van der Waals surface area contributed by atoms with Crippen LogP contribution in [0.2, 0.25) is 0 Å². The van der Waals surface area contributed by atoms with E-state index in [1.165, 1.54) is 12.1 Å². The lowest BCUT2D eigenvalue weighted by Gasteiger charge is -2.11. The van der Waals surface area contributed by atoms with Crippen molar-refractivity contribution in [2.75, 3.05) is 0 Å². The van der Waals surface area contributed by atoms with Gasteiger partial charge >= 0.3 is 10.1 Å². The molecule has 0 radical (unpaired) electrons. The number of carbonyl (C=O) groups is 1. The maximum Gasteiger partial charge on any atom is 0.313 e. The van der Waals surface area contributed by atoms with Crippen LogP contribution in [0, 0.1) is 11.6 Å². The number of nitrogens with two attached hydrogens (primary N) is 1. The van der Waals surface area contributed by atoms with E-state index in [9.17, 15) is 22.0 Å². The molecule has 0 unspecified atom stereocenters. The van der Waals surface area contributed by atoms with Crippen molar-refractivity contribution in [3.8, 4) is 0 Å². The van der Waals surface area contributed by atoms with Gasteiger partial charge in [-0.25, -0.2) is 8.78 Å². The SMILES string of the molecule is [2H][C@]1(c2ccc(F)cc2F)OC(N)=C(OS(=O)(=O)Cc2ccccc2)C1=O. The molecule has 0 amide bonds. The van der Waals surface area contributed by atoms with Crippen molar-refractivity contribution in [3.05, 3.63) is 82.9 Å². The molecule has 0 saturated carbocycles. The minimum atomic E-state index is -4.31. The Morgan fingerprint density at radius 1 is 1.19 bits per heavy atom. The van der Waals surface area contributed by atoms with E-state index in [1.807, 2.05) is 0 Å². The Balaban J connectivity index is 1.87. The molecule has 0 saturated heterocycles. The van der Waals surface area contributed by atoms with E-state index in [1.54, 1.807) is 18.2 Å². The Morgan fingerprint density at radius 2 is 1.88 bits per heavy atom. The van der Waals surface area contributed by atoms with E-state index in [0.29, 0.717) is 11.6 Å². The Hall–Kier alpha value is -2.94. The second-order valence-corrected chi connectivity index (χ2v) is 6.92. The molecule has 136 valence electrons. The fraction of sp³-hybridized carbons (Fsp3) is 0.118. The van der Waals surface area contributed by atoms with Crippen molar-refractivity contribution in [3.63, 3.8) is 0 Å². The van der Waals surface area contributed by atoms with Gasteiger partial charge in [0.05, 0.1) is 1.37 Å². The summed E-state index contributed by atoms with van der Waals surface area (Å²) in [5.74, 6) is -5.73. The summed E-state index contributed by atoms with van der Waals surface area (Å²) in [4.78, 5) is 12.5. The summed E-state index contributed by atoms with van der Waals surface area (Å²) in [6, 6.07) is 10.1. The van der Waals surface area contributed by atoms with Crippen LogP contribution in [-0.2, 0) is 29.6 Å². The lowest BCUT2D eigenvalue weighted by molar-refractivity contribution is -0.123. The van der Waals surface area contributed by atoms with Crippen LogP contribution in [0.5, 0.6) is 0 Å². The Labute approximate surface area is 149 Å². The van der Waals surface area contributed by atoms with Crippen LogP contribution in [0.15, 0.2) is 60.2 Å². The summed E-state index contributed by atoms with van der Waals surface area (Å²) in [5, 5.41) is 0. The number of Topliss-reactive ketones (excluding diaryl/α,β-unsaturated/α-hetero) is 1. The molecule has 0 spiro atoms. The van der Waals surface area contributed by atoms with Gasteiger partial charge in [0.15, 0.2) is 6.08 Å². The van der Waals surface area contributed by atoms with E-state index >= 15 is 0 Å². The molecule has 1 heterocycles. The normalized spacial score (nSPS) is 20.7. The van der Waals surface area contributed by atoms with Gasteiger partial charge < -0.3 is 14.7 Å². The predicted molar refractivity (Wildman–Crippen MR) is 86.6 cm³/mol. The molecule has 0 fully saturated rings. The maximum absolute atomic E-state index is 14.0. The lowest BCUT2D eigenvalue weighted by Crippen LogP contribution is -2.17. The van der Waals surface area contributed by atoms with Gasteiger partial charge in [0, 0.05) is 11.6 Å². The first-order valence-electron chi connectivity index (χ1n) is 7.77. The van der Waals surface area contributed by atoms with E-state index in [-0.39, 0.29) is 0 Å². The van der Waals surface area contributed by atoms with Gasteiger partial charge in [-0.05, 0) is 17.7 Å². The number of hydrogen-bond acceptors (Lipinski definition) is 6. The highest BCUT2D eigenvalue weighted by Gasteiger charge is 2.40. The van der Waals surface area contributed by atoms with Gasteiger partial charge in [-0.15, -0.1) is 0 Å². The van der Waals surface area contributed by atoms with Gasteiger partial charge in [0.2, 0.25) is 17.4 Å². The molecule has 1 aliphatic rings. The van der Waals surface area contributed by atoms with Gasteiger partial charge in [-0.1, -0.05) is 30.3 Å². The first-order chi connectivity index (χ1) is 12.6. The molecule has 9 heteroatoms. The van der Waals surface area contributed by atoms with Crippen LogP contribution in [0.4, 0.5) is 8.78 Å². The summed E-state index contributed by atoms with van der Waals surface area (Å²) in [5.41, 5.74) is 5.26. The largest absolute Gasteiger partial charge is 0.460 e. The quantitative estimate of drug-likeness (QED) is 0.797. The van der Waals surface area contributed by atoms with Gasteiger partial charge in [-0.2, -0.15) is 8.42 Å². The summed E-state index contributed by atoms with van der Waals surface area (Å²) >= 11 is 0. The van der Waals surface area contributed by atoms with Gasteiger partial charge in [0.25, 0.3) is 0 Å². The van der Waals surface area contributed by atoms with Gasteiger partial charge in [0.1, 0.15) is 17.4 Å². The monoisotopic (exact) mass is 382 g/mol. The zero-order valence-electron chi connectivity index (χ0n) is 14.1. The second kappa shape index (κ2) is 6.75. The molecule has 1 aliphatic heterocycles. The zero-order chi connectivity index (χ0) is 19.8. The van der Waals surface area contributed by atoms with Crippen LogP contribution in [-0.4, -0.2) is 14.2 Å². The zero-order valence-corrected chi connectivity index (χ0v) is 13.9. The molecular formula is C17H13F2NO5S. The van der Waals surface area contributed by atoms with Crippen LogP contribution in [0.25, 0.3) is 0 Å². The van der Waals surface area contributed by atoms with Crippen molar-refractivity contribution in [1.82, 2.24) is 0 Å². The second-order valence-electron chi connectivity index (χ2n) is 5.35. The fourth-order valence-electron chi connectivity index (χ4n) is 2.28. The third-order valence-corrected chi connectivity index (χ3v) is 4.53. The number of ether oxygens (including phenoxy) is 1. The van der Waals surface area contributed by atoms with Crippen molar-refractivity contribution >= 4 is 15.9 Å². The average Bonchev–Trinajstić information content (AvgIpc) is 2.79. The van der Waals surface area contributed by atoms with Crippen molar-refractivity contribution in [2.24, 2.45) is 5.73 Å². The smallest absolute Gasteiger partial charge is 0.313 e. The molecule has 0 bridgehead atoms. The molecular weight excluding hydrogens is 368 g/mol. The molecule has 0 aromatic heterocycles. The number of hydrogen-bond donors (Lipinski definition) is 1. The van der Waals surface area contributed by atoms with Crippen molar-refractivity contribution < 1.29 is 32.3 Å². The molecule has 0 aliphatic carbocycles. The van der Waals surface area contributed by atoms with E-state index in [4.69, 9.17) is 16.0 Å². The topological polar surface area (TPSA) is 95.7 Å². The third-order valence-electron chi connectivity index (χ3n) is 3.42. The average molecular weight is 382 g/mol. The third kappa shape index (κ3) is 3.67. The molecule has 2 aromatic carbocycles. The lowest BCUT2D eigenvalue weighted by atomic mass is 10.1. The van der Waals surface area contributed by atoms with Crippen LogP contribution < -0.4 is 5.73 Å². The van der Waals surface area contributed by atoms with Gasteiger partial charge in [-0.3, -0.25) is 4.79 Å². The molecule has 6 nitrogen and oxygen atoms in total. The predicted octanol–water partition coefficient (Wildman–Crippen LogP) is 2.28. The molecule has 3 rings (SSSR count). The maximum atomic E-state index is 14.0. The number of rotatable bonds is 5. The van der Waals surface area contributed by atoms with Crippen LogP contribution >= 0.6 is 0 Å². The summed E-state index contributed by atoms with van der Waals surface area (Å²) in [6.45, 7) is 0. The molecule has 1 atom stereocenters. The number of halogens is 2. The highest BCUT2D eigenvalue weighted by molar-refractivity contribution is 7.86. The summed E-state index contributed by atoms with van der Waals surface area (Å²) in [7, 11) is -4.31. The van der Waals surface area contributed by atoms with Crippen molar-refractivity contribution in [2.45, 2.75) is 11.8 Å². The highest BCUT2D eigenvalue weighted by atomic mass is 32.2. The molecule has 2 aromatic rings. The molecule has 26 heavy (non-hydrogen) atoms. The Kier molecular flexibility index (Phi) is 4.29. The number of benzene rings is 2. The van der Waals surface area contributed by atoms with E-state index in [2.05, 4.69) is 0 Å². The standard InChI is InChI=1S/C17H13F2NO5S/c18-11-6-7-12(13(19)8-11)15-14(21)16(17(20)24-15)25-26(22,23)9-10-4-2-1-3-5-10/h1-8,15H,9,20H2/t15-/m1/s1/i15D. The Bertz CT molecular complexity index is 1040. The number of carbonyl (C=O) groups excluding carboxylic acids is 1. The van der Waals surface area contributed by atoms with E-state index < -0.39 is 56.6 Å². The molecule has 2 N–H and O–H groups in total. The van der Waals surface area contributed by atoms with Crippen molar-refractivity contribution in [1.29, 1.82) is 0 Å². The summed E-state index contributed by atoms with van der Waals surface area (Å²) in [6.07, 6.45) is -2.72.